The molecule has 23 heavy (non-hydrogen) atoms. The molecule has 1 aromatic heterocycles. The number of morpholine rings is 1. The summed E-state index contributed by atoms with van der Waals surface area (Å²) in [6.07, 6.45) is 1.80. The van der Waals surface area contributed by atoms with Crippen LogP contribution in [-0.2, 0) is 4.74 Å². The summed E-state index contributed by atoms with van der Waals surface area (Å²) in [6.45, 7) is 9.23. The minimum atomic E-state index is 0.0304. The van der Waals surface area contributed by atoms with Gasteiger partial charge in [0.1, 0.15) is 0 Å². The lowest BCUT2D eigenvalue weighted by Crippen LogP contribution is -2.48. The molecular weight excluding hydrogens is 290 g/mol. The monoisotopic (exact) mass is 313 g/mol. The summed E-state index contributed by atoms with van der Waals surface area (Å²) in [5, 5.41) is 4.41. The first-order valence-electron chi connectivity index (χ1n) is 8.02. The largest absolute Gasteiger partial charge is 0.372 e. The van der Waals surface area contributed by atoms with Crippen LogP contribution in [0.15, 0.2) is 30.5 Å². The third-order valence-electron chi connectivity index (χ3n) is 4.23. The van der Waals surface area contributed by atoms with E-state index in [1.54, 1.807) is 6.20 Å². The van der Waals surface area contributed by atoms with Crippen molar-refractivity contribution in [3.05, 3.63) is 47.3 Å². The van der Waals surface area contributed by atoms with Crippen LogP contribution in [0.3, 0.4) is 0 Å². The number of carbonyl (C=O) groups excluding carboxylic acids is 1. The summed E-state index contributed by atoms with van der Waals surface area (Å²) in [6, 6.07) is 8.12. The highest BCUT2D eigenvalue weighted by Crippen LogP contribution is 2.19. The number of ether oxygens (including phenoxy) is 1. The molecule has 5 heteroatoms. The number of carbonyl (C=O) groups is 1. The maximum absolute atomic E-state index is 12.8. The summed E-state index contributed by atoms with van der Waals surface area (Å²) in [5.41, 5.74) is 3.69. The molecule has 5 nitrogen and oxygen atoms in total. The number of hydrogen-bond donors (Lipinski definition) is 0. The second-order valence-electron chi connectivity index (χ2n) is 6.36. The highest BCUT2D eigenvalue weighted by Gasteiger charge is 2.28. The van der Waals surface area contributed by atoms with Crippen molar-refractivity contribution in [3.63, 3.8) is 0 Å². The van der Waals surface area contributed by atoms with Gasteiger partial charge in [-0.25, -0.2) is 4.68 Å². The molecule has 3 rings (SSSR count). The molecule has 2 atom stereocenters. The molecule has 2 unspecified atom stereocenters. The van der Waals surface area contributed by atoms with Gasteiger partial charge >= 0.3 is 0 Å². The number of rotatable bonds is 2. The SMILES string of the molecule is Cc1ccc(-n2ncc(C(=O)N3CC(C)OC(C)C3)c2C)cc1. The van der Waals surface area contributed by atoms with Crippen LogP contribution in [0.25, 0.3) is 5.69 Å². The Morgan fingerprint density at radius 1 is 1.13 bits per heavy atom. The maximum atomic E-state index is 12.8. The summed E-state index contributed by atoms with van der Waals surface area (Å²) in [7, 11) is 0. The Hall–Kier alpha value is -2.14. The average Bonchev–Trinajstić information content (AvgIpc) is 2.88. The Morgan fingerprint density at radius 3 is 2.35 bits per heavy atom. The van der Waals surface area contributed by atoms with Gasteiger partial charge < -0.3 is 9.64 Å². The predicted molar refractivity (Wildman–Crippen MR) is 89.0 cm³/mol. The fourth-order valence-electron chi connectivity index (χ4n) is 3.08. The lowest BCUT2D eigenvalue weighted by molar-refractivity contribution is -0.0586. The zero-order chi connectivity index (χ0) is 16.6. The molecule has 1 amide bonds. The van der Waals surface area contributed by atoms with Crippen LogP contribution in [0.2, 0.25) is 0 Å². The second kappa shape index (κ2) is 6.16. The van der Waals surface area contributed by atoms with Crippen molar-refractivity contribution in [1.82, 2.24) is 14.7 Å². The summed E-state index contributed by atoms with van der Waals surface area (Å²) in [4.78, 5) is 14.7. The van der Waals surface area contributed by atoms with Crippen LogP contribution in [0, 0.1) is 13.8 Å². The van der Waals surface area contributed by atoms with Crippen molar-refractivity contribution in [2.75, 3.05) is 13.1 Å². The molecule has 2 aromatic rings. The normalized spacial score (nSPS) is 21.5. The van der Waals surface area contributed by atoms with Crippen molar-refractivity contribution >= 4 is 5.91 Å². The van der Waals surface area contributed by atoms with Gasteiger partial charge in [-0.15, -0.1) is 0 Å². The van der Waals surface area contributed by atoms with E-state index >= 15 is 0 Å². The van der Waals surface area contributed by atoms with Crippen LogP contribution in [0.4, 0.5) is 0 Å². The standard InChI is InChI=1S/C18H23N3O2/c1-12-5-7-16(8-6-12)21-15(4)17(9-19-21)18(22)20-10-13(2)23-14(3)11-20/h5-9,13-14H,10-11H2,1-4H3. The molecule has 122 valence electrons. The van der Waals surface area contributed by atoms with Gasteiger partial charge in [-0.05, 0) is 39.8 Å². The van der Waals surface area contributed by atoms with Crippen LogP contribution in [-0.4, -0.2) is 45.9 Å². The molecule has 0 aliphatic carbocycles. The molecule has 1 aliphatic rings. The summed E-state index contributed by atoms with van der Waals surface area (Å²) in [5.74, 6) is 0.0304. The minimum absolute atomic E-state index is 0.0304. The summed E-state index contributed by atoms with van der Waals surface area (Å²) >= 11 is 0. The quantitative estimate of drug-likeness (QED) is 0.856. The van der Waals surface area contributed by atoms with Crippen molar-refractivity contribution in [2.45, 2.75) is 39.9 Å². The lowest BCUT2D eigenvalue weighted by Gasteiger charge is -2.35. The van der Waals surface area contributed by atoms with Gasteiger partial charge in [-0.1, -0.05) is 17.7 Å². The van der Waals surface area contributed by atoms with E-state index in [0.717, 1.165) is 11.4 Å². The maximum Gasteiger partial charge on any atom is 0.257 e. The Balaban J connectivity index is 1.86. The highest BCUT2D eigenvalue weighted by molar-refractivity contribution is 5.95. The Bertz CT molecular complexity index is 696. The highest BCUT2D eigenvalue weighted by atomic mass is 16.5. The van der Waals surface area contributed by atoms with E-state index in [0.29, 0.717) is 18.7 Å². The van der Waals surface area contributed by atoms with Gasteiger partial charge in [0.25, 0.3) is 5.91 Å². The lowest BCUT2D eigenvalue weighted by atomic mass is 10.1. The first-order valence-corrected chi connectivity index (χ1v) is 8.02. The second-order valence-corrected chi connectivity index (χ2v) is 6.36. The smallest absolute Gasteiger partial charge is 0.257 e. The molecule has 0 bridgehead atoms. The van der Waals surface area contributed by atoms with E-state index in [-0.39, 0.29) is 18.1 Å². The molecule has 0 N–H and O–H groups in total. The van der Waals surface area contributed by atoms with Gasteiger partial charge in [0.2, 0.25) is 0 Å². The van der Waals surface area contributed by atoms with Crippen molar-refractivity contribution in [3.8, 4) is 5.69 Å². The van der Waals surface area contributed by atoms with Crippen molar-refractivity contribution in [2.24, 2.45) is 0 Å². The Kier molecular flexibility index (Phi) is 4.22. The molecule has 0 saturated carbocycles. The first-order chi connectivity index (χ1) is 11.0. The molecular formula is C18H23N3O2. The first kappa shape index (κ1) is 15.7. The van der Waals surface area contributed by atoms with E-state index in [4.69, 9.17) is 4.74 Å². The third kappa shape index (κ3) is 3.15. The minimum Gasteiger partial charge on any atom is -0.372 e. The predicted octanol–water partition coefficient (Wildman–Crippen LogP) is 2.74. The molecule has 1 saturated heterocycles. The van der Waals surface area contributed by atoms with E-state index in [1.807, 2.05) is 54.6 Å². The molecule has 1 aromatic carbocycles. The number of hydrogen-bond acceptors (Lipinski definition) is 3. The van der Waals surface area contributed by atoms with Crippen LogP contribution in [0.5, 0.6) is 0 Å². The van der Waals surface area contributed by atoms with Crippen LogP contribution < -0.4 is 0 Å². The molecule has 0 radical (unpaired) electrons. The zero-order valence-electron chi connectivity index (χ0n) is 14.1. The number of nitrogens with zero attached hydrogens (tertiary/aromatic N) is 3. The van der Waals surface area contributed by atoms with E-state index in [1.165, 1.54) is 5.56 Å². The van der Waals surface area contributed by atoms with Crippen molar-refractivity contribution in [1.29, 1.82) is 0 Å². The van der Waals surface area contributed by atoms with Gasteiger partial charge in [0.05, 0.1) is 35.3 Å². The van der Waals surface area contributed by atoms with Gasteiger partial charge in [0, 0.05) is 13.1 Å². The number of aryl methyl sites for hydroxylation is 1. The van der Waals surface area contributed by atoms with Gasteiger partial charge in [-0.3, -0.25) is 4.79 Å². The van der Waals surface area contributed by atoms with Crippen LogP contribution in [0.1, 0.15) is 35.5 Å². The van der Waals surface area contributed by atoms with E-state index in [9.17, 15) is 4.79 Å². The topological polar surface area (TPSA) is 47.4 Å². The van der Waals surface area contributed by atoms with E-state index < -0.39 is 0 Å². The fourth-order valence-corrected chi connectivity index (χ4v) is 3.08. The molecule has 0 spiro atoms. The van der Waals surface area contributed by atoms with Crippen LogP contribution >= 0.6 is 0 Å². The Morgan fingerprint density at radius 2 is 1.74 bits per heavy atom. The molecule has 2 heterocycles. The van der Waals surface area contributed by atoms with Crippen molar-refractivity contribution < 1.29 is 9.53 Å². The number of aromatic nitrogens is 2. The molecule has 1 aliphatic heterocycles. The molecule has 1 fully saturated rings. The van der Waals surface area contributed by atoms with Gasteiger partial charge in [-0.2, -0.15) is 5.10 Å². The van der Waals surface area contributed by atoms with Gasteiger partial charge in [0.15, 0.2) is 0 Å². The fraction of sp³-hybridized carbons (Fsp3) is 0.444. The Labute approximate surface area is 136 Å². The number of benzene rings is 1. The summed E-state index contributed by atoms with van der Waals surface area (Å²) < 4.78 is 7.52. The third-order valence-corrected chi connectivity index (χ3v) is 4.23. The zero-order valence-corrected chi connectivity index (χ0v) is 14.1. The van der Waals surface area contributed by atoms with E-state index in [2.05, 4.69) is 12.0 Å². The number of amides is 1. The average molecular weight is 313 g/mol.